The molecule has 0 aliphatic carbocycles. The van der Waals surface area contributed by atoms with Crippen molar-refractivity contribution in [1.29, 1.82) is 0 Å². The average molecular weight is 195 g/mol. The standard InChI is InChI=1S/C2H2Cl3O2P/c3-1(4)2(5)8(6)7/h8H,(H,6,7). The van der Waals surface area contributed by atoms with E-state index in [-0.39, 0.29) is 9.26 Å². The Hall–Kier alpha value is 0.800. The van der Waals surface area contributed by atoms with Crippen molar-refractivity contribution in [2.24, 2.45) is 0 Å². The van der Waals surface area contributed by atoms with Crippen molar-refractivity contribution < 1.29 is 9.46 Å². The minimum atomic E-state index is -2.88. The molecular formula is C2H2Cl3O2P. The smallest absolute Gasteiger partial charge is 0.231 e. The Morgan fingerprint density at radius 2 is 1.75 bits per heavy atom. The molecule has 0 radical (unpaired) electrons. The lowest BCUT2D eigenvalue weighted by atomic mass is 11.2. The third-order valence-corrected chi connectivity index (χ3v) is 2.54. The van der Waals surface area contributed by atoms with Crippen molar-refractivity contribution in [2.45, 2.75) is 0 Å². The fraction of sp³-hybridized carbons (Fsp3) is 0. The van der Waals surface area contributed by atoms with Crippen molar-refractivity contribution in [3.63, 3.8) is 0 Å². The Kier molecular flexibility index (Phi) is 4.13. The van der Waals surface area contributed by atoms with Crippen molar-refractivity contribution in [2.75, 3.05) is 0 Å². The van der Waals surface area contributed by atoms with Gasteiger partial charge in [-0.05, 0) is 0 Å². The second-order valence-corrected chi connectivity index (χ2v) is 3.63. The molecule has 8 heavy (non-hydrogen) atoms. The van der Waals surface area contributed by atoms with E-state index < -0.39 is 8.03 Å². The van der Waals surface area contributed by atoms with Gasteiger partial charge in [-0.1, -0.05) is 34.8 Å². The monoisotopic (exact) mass is 194 g/mol. The first-order valence-electron chi connectivity index (χ1n) is 1.49. The Balaban J connectivity index is 4.23. The van der Waals surface area contributed by atoms with Crippen LogP contribution >= 0.6 is 42.8 Å². The van der Waals surface area contributed by atoms with Gasteiger partial charge in [-0.2, -0.15) is 0 Å². The third-order valence-electron chi connectivity index (χ3n) is 0.354. The predicted molar refractivity (Wildman–Crippen MR) is 35.8 cm³/mol. The van der Waals surface area contributed by atoms with Gasteiger partial charge < -0.3 is 4.89 Å². The first kappa shape index (κ1) is 8.80. The van der Waals surface area contributed by atoms with Gasteiger partial charge in [-0.3, -0.25) is 4.57 Å². The van der Waals surface area contributed by atoms with Gasteiger partial charge in [0.05, 0.1) is 0 Å². The maximum absolute atomic E-state index is 9.97. The summed E-state index contributed by atoms with van der Waals surface area (Å²) in [5.41, 5.74) is 0. The van der Waals surface area contributed by atoms with E-state index in [1.165, 1.54) is 0 Å². The SMILES string of the molecule is O=[PH](O)C(Cl)=C(Cl)Cl. The van der Waals surface area contributed by atoms with Crippen LogP contribution in [0.2, 0.25) is 0 Å². The van der Waals surface area contributed by atoms with Crippen LogP contribution in [0.5, 0.6) is 0 Å². The molecule has 2 nitrogen and oxygen atoms in total. The zero-order valence-electron chi connectivity index (χ0n) is 3.49. The quantitative estimate of drug-likeness (QED) is 0.652. The van der Waals surface area contributed by atoms with Crippen LogP contribution in [0.1, 0.15) is 0 Å². The van der Waals surface area contributed by atoms with Gasteiger partial charge in [0.15, 0.2) is 0 Å². The highest BCUT2D eigenvalue weighted by Gasteiger charge is 2.02. The van der Waals surface area contributed by atoms with Gasteiger partial charge >= 0.3 is 0 Å². The van der Waals surface area contributed by atoms with Crippen LogP contribution in [-0.2, 0) is 4.57 Å². The average Bonchev–Trinajstić information content (AvgIpc) is 1.64. The molecule has 48 valence electrons. The Morgan fingerprint density at radius 1 is 1.38 bits per heavy atom. The third kappa shape index (κ3) is 2.95. The topological polar surface area (TPSA) is 37.3 Å². The summed E-state index contributed by atoms with van der Waals surface area (Å²) in [5.74, 6) is 0. The van der Waals surface area contributed by atoms with Crippen LogP contribution in [0.15, 0.2) is 9.26 Å². The highest BCUT2D eigenvalue weighted by molar-refractivity contribution is 7.46. The number of halogens is 3. The van der Waals surface area contributed by atoms with Crippen LogP contribution in [-0.4, -0.2) is 4.89 Å². The fourth-order valence-electron chi connectivity index (χ4n) is 0.0808. The molecule has 6 heteroatoms. The number of hydrogen-bond donors (Lipinski definition) is 1. The molecule has 0 heterocycles. The molecule has 0 fully saturated rings. The van der Waals surface area contributed by atoms with Gasteiger partial charge in [0.1, 0.15) is 9.26 Å². The lowest BCUT2D eigenvalue weighted by Gasteiger charge is -1.87. The summed E-state index contributed by atoms with van der Waals surface area (Å²) in [4.78, 5) is 8.18. The molecule has 0 saturated carbocycles. The summed E-state index contributed by atoms with van der Waals surface area (Å²) in [7, 11) is -2.88. The molecule has 0 bridgehead atoms. The molecule has 0 amide bonds. The van der Waals surface area contributed by atoms with Gasteiger partial charge in [0.25, 0.3) is 0 Å². The molecule has 0 aliphatic heterocycles. The van der Waals surface area contributed by atoms with Crippen LogP contribution in [0.25, 0.3) is 0 Å². The lowest BCUT2D eigenvalue weighted by Crippen LogP contribution is -1.59. The summed E-state index contributed by atoms with van der Waals surface area (Å²) in [6, 6.07) is 0. The second-order valence-electron chi connectivity index (χ2n) is 0.880. The Bertz CT molecular complexity index is 138. The summed E-state index contributed by atoms with van der Waals surface area (Å²) in [6.07, 6.45) is 0. The molecule has 0 saturated heterocycles. The van der Waals surface area contributed by atoms with E-state index in [0.717, 1.165) is 0 Å². The summed E-state index contributed by atoms with van der Waals surface area (Å²) < 4.78 is 9.24. The normalized spacial score (nSPS) is 13.0. The van der Waals surface area contributed by atoms with Crippen LogP contribution in [0.3, 0.4) is 0 Å². The van der Waals surface area contributed by atoms with Crippen molar-refractivity contribution in [3.8, 4) is 0 Å². The fourth-order valence-corrected chi connectivity index (χ4v) is 0.728. The van der Waals surface area contributed by atoms with Crippen molar-refractivity contribution in [1.82, 2.24) is 0 Å². The van der Waals surface area contributed by atoms with Crippen molar-refractivity contribution in [3.05, 3.63) is 9.26 Å². The zero-order valence-corrected chi connectivity index (χ0v) is 6.76. The largest absolute Gasteiger partial charge is 0.342 e. The van der Waals surface area contributed by atoms with Gasteiger partial charge in [-0.15, -0.1) is 0 Å². The molecule has 0 aromatic carbocycles. The van der Waals surface area contributed by atoms with E-state index in [1.807, 2.05) is 0 Å². The molecule has 1 N–H and O–H groups in total. The molecule has 0 rings (SSSR count). The molecule has 1 unspecified atom stereocenters. The van der Waals surface area contributed by atoms with E-state index in [4.69, 9.17) is 39.7 Å². The first-order chi connectivity index (χ1) is 3.55. The summed E-state index contributed by atoms with van der Waals surface area (Å²) >= 11 is 15.1. The first-order valence-corrected chi connectivity index (χ1v) is 3.98. The minimum absolute atomic E-state index is 0.349. The predicted octanol–water partition coefficient (Wildman–Crippen LogP) is 2.30. The van der Waals surface area contributed by atoms with E-state index in [9.17, 15) is 4.57 Å². The van der Waals surface area contributed by atoms with Gasteiger partial charge in [0, 0.05) is 0 Å². The molecule has 1 atom stereocenters. The van der Waals surface area contributed by atoms with Crippen LogP contribution in [0, 0.1) is 0 Å². The molecule has 0 aromatic heterocycles. The molecular weight excluding hydrogens is 193 g/mol. The summed E-state index contributed by atoms with van der Waals surface area (Å²) in [6.45, 7) is 0. The van der Waals surface area contributed by atoms with E-state index in [1.54, 1.807) is 0 Å². The molecule has 0 aromatic rings. The zero-order chi connectivity index (χ0) is 6.73. The van der Waals surface area contributed by atoms with Crippen LogP contribution in [0.4, 0.5) is 0 Å². The Labute approximate surface area is 61.9 Å². The van der Waals surface area contributed by atoms with Gasteiger partial charge in [0.2, 0.25) is 8.03 Å². The molecule has 0 aliphatic rings. The highest BCUT2D eigenvalue weighted by Crippen LogP contribution is 2.36. The highest BCUT2D eigenvalue weighted by atomic mass is 35.5. The van der Waals surface area contributed by atoms with E-state index in [0.29, 0.717) is 0 Å². The summed E-state index contributed by atoms with van der Waals surface area (Å²) in [5, 5.41) is 0. The number of rotatable bonds is 1. The van der Waals surface area contributed by atoms with Gasteiger partial charge in [-0.25, -0.2) is 0 Å². The molecule has 0 spiro atoms. The maximum atomic E-state index is 9.97. The minimum Gasteiger partial charge on any atom is -0.342 e. The van der Waals surface area contributed by atoms with Crippen LogP contribution < -0.4 is 0 Å². The maximum Gasteiger partial charge on any atom is 0.231 e. The number of hydrogen-bond acceptors (Lipinski definition) is 1. The van der Waals surface area contributed by atoms with E-state index >= 15 is 0 Å². The van der Waals surface area contributed by atoms with Crippen molar-refractivity contribution >= 4 is 42.8 Å². The Morgan fingerprint density at radius 3 is 1.75 bits per heavy atom. The second kappa shape index (κ2) is 3.76. The lowest BCUT2D eigenvalue weighted by molar-refractivity contribution is 0.511. The van der Waals surface area contributed by atoms with E-state index in [2.05, 4.69) is 0 Å².